The van der Waals surface area contributed by atoms with E-state index in [2.05, 4.69) is 6.07 Å². The Morgan fingerprint density at radius 1 is 0.308 bits per heavy atom. The summed E-state index contributed by atoms with van der Waals surface area (Å²) in [7, 11) is 0. The number of benzene rings is 15. The number of nitriles is 1. The van der Waals surface area contributed by atoms with E-state index in [1.54, 1.807) is 88.4 Å². The van der Waals surface area contributed by atoms with Gasteiger partial charge >= 0.3 is 23.9 Å². The van der Waals surface area contributed by atoms with E-state index in [0.717, 1.165) is 72.3 Å². The lowest BCUT2D eigenvalue weighted by Gasteiger charge is -2.40. The van der Waals surface area contributed by atoms with Crippen molar-refractivity contribution in [1.29, 1.82) is 5.26 Å². The van der Waals surface area contributed by atoms with Gasteiger partial charge in [0.15, 0.2) is 17.4 Å². The molecule has 15 rings (SSSR count). The molecular weight excluding hydrogens is 1710 g/mol. The van der Waals surface area contributed by atoms with E-state index in [1.165, 1.54) is 6.07 Å². The number of hydrogen-bond donors (Lipinski definition) is 2. The van der Waals surface area contributed by atoms with E-state index in [9.17, 15) is 33.6 Å². The van der Waals surface area contributed by atoms with Crippen molar-refractivity contribution < 1.29 is 52.1 Å². The molecule has 18 heteroatoms. The summed E-state index contributed by atoms with van der Waals surface area (Å²) in [4.78, 5) is 71.0. The molecule has 0 heterocycles. The van der Waals surface area contributed by atoms with Crippen LogP contribution in [0.2, 0.25) is 20.1 Å². The highest BCUT2D eigenvalue weighted by atomic mass is 35.5. The van der Waals surface area contributed by atoms with Gasteiger partial charge < -0.3 is 24.7 Å². The molecular formula is C112H98Cl4FN3O10. The third-order valence-corrected chi connectivity index (χ3v) is 23.5. The van der Waals surface area contributed by atoms with Crippen LogP contribution in [0.4, 0.5) is 4.39 Å². The predicted molar refractivity (Wildman–Crippen MR) is 514 cm³/mol. The summed E-state index contributed by atoms with van der Waals surface area (Å²) in [5.74, 6) is -0.0105. The van der Waals surface area contributed by atoms with Crippen molar-refractivity contribution in [3.63, 3.8) is 0 Å². The average Bonchev–Trinajstić information content (AvgIpc) is 0.721. The molecule has 0 aliphatic carbocycles. The minimum Gasteiger partial charge on any atom is -0.465 e. The Kier molecular flexibility index (Phi) is 35.2. The maximum absolute atomic E-state index is 14.5. The van der Waals surface area contributed by atoms with Crippen LogP contribution >= 0.6 is 46.4 Å². The van der Waals surface area contributed by atoms with E-state index >= 15 is 0 Å². The Morgan fingerprint density at radius 3 is 0.785 bits per heavy atom. The van der Waals surface area contributed by atoms with E-state index in [-0.39, 0.29) is 38.7 Å². The molecule has 0 saturated carbocycles. The molecule has 0 bridgehead atoms. The molecule has 656 valence electrons. The number of primary amides is 1. The smallest absolute Gasteiger partial charge is 0.321 e. The number of rotatable bonds is 28. The van der Waals surface area contributed by atoms with Crippen LogP contribution in [0.15, 0.2) is 425 Å². The van der Waals surface area contributed by atoms with Crippen LogP contribution in [0, 0.1) is 29.0 Å². The average molecular weight is 1810 g/mol. The first kappa shape index (κ1) is 96.8. The molecule has 0 fully saturated rings. The largest absolute Gasteiger partial charge is 0.465 e. The van der Waals surface area contributed by atoms with Gasteiger partial charge in [-0.15, -0.1) is 0 Å². The lowest BCUT2D eigenvalue weighted by molar-refractivity contribution is -0.165. The van der Waals surface area contributed by atoms with Gasteiger partial charge in [-0.25, -0.2) is 10.3 Å². The number of carbonyl (C=O) groups excluding carboxylic acids is 5. The minimum atomic E-state index is -1.29. The fraction of sp³-hybridized carbons (Fsp3) is 0.143. The van der Waals surface area contributed by atoms with Crippen LogP contribution in [0.1, 0.15) is 118 Å². The zero-order chi connectivity index (χ0) is 92.4. The highest BCUT2D eigenvalue weighted by Crippen LogP contribution is 2.51. The standard InChI is InChI=1S/C26H25ClO4.C26H26O4.C21H16Cl3NO.C20H14FN.C19H17NO/c1-3-30-24(28)23(25(29)31-4-2)26(19-13-7-5-8-14-19,20-15-9-6-10-16-20)21-17-11-12-18-22(21)27;1-3-29-24(27)23(25(28)30-4-2)26(20-14-8-5-9-15-20,21-16-10-6-11-17-21)22-18-12-7-13-19-22;22-17-7-1-14(2-8-17)21(13-20(25)26,15-3-9-18(23)10-4-15)16-5-11-19(24)12-6-16;21-19-14-8-7-13-18(19)20(15-22,16-9-3-1-4-10-16)17-11-5-2-6-12-17;20-21-19(16-10-4-1-5-11-16,17-12-6-2-7-13-17)18-14-8-3-9-15-18/h5-18,23H,3-4H2,1-2H3;5-19,23H,3-4H2,1-2H3;1-12H,13H2,(H2,25,26);1-14H;1-15H,20H2. The molecule has 13 nitrogen and oxygen atoms in total. The number of nitrogens with zero attached hydrogens (tertiary/aromatic N) is 1. The maximum Gasteiger partial charge on any atom is 0.321 e. The van der Waals surface area contributed by atoms with Crippen molar-refractivity contribution in [3.8, 4) is 6.07 Å². The Hall–Kier alpha value is -13.9. The van der Waals surface area contributed by atoms with Crippen LogP contribution in [0.5, 0.6) is 0 Å². The second kappa shape index (κ2) is 47.3. The molecule has 0 radical (unpaired) electrons. The SMILES string of the molecule is CCOC(=O)C(C(=O)OCC)C(c1ccccc1)(c1ccccc1)c1ccccc1.CCOC(=O)C(C(=O)OCC)C(c1ccccc1)(c1ccccc1)c1ccccc1Cl.N#CC(c1ccccc1)(c1ccccc1)c1ccccc1F.NC(=O)CC(c1ccc(Cl)cc1)(c1ccc(Cl)cc1)c1ccc(Cl)cc1.NOC(c1ccccc1)(c1ccccc1)c1ccccc1. The fourth-order valence-corrected chi connectivity index (χ4v) is 17.5. The predicted octanol–water partition coefficient (Wildman–Crippen LogP) is 24.6. The number of carbonyl (C=O) groups is 5. The van der Waals surface area contributed by atoms with E-state index < -0.39 is 68.9 Å². The van der Waals surface area contributed by atoms with Crippen molar-refractivity contribution in [3.05, 3.63) is 534 Å². The number of ether oxygens (including phenoxy) is 4. The first-order valence-electron chi connectivity index (χ1n) is 42.4. The third-order valence-electron chi connectivity index (χ3n) is 22.4. The monoisotopic (exact) mass is 1800 g/mol. The van der Waals surface area contributed by atoms with Gasteiger partial charge in [-0.2, -0.15) is 5.26 Å². The van der Waals surface area contributed by atoms with Crippen LogP contribution < -0.4 is 11.6 Å². The van der Waals surface area contributed by atoms with E-state index in [1.807, 2.05) is 358 Å². The summed E-state index contributed by atoms with van der Waals surface area (Å²) < 4.78 is 36.1. The number of esters is 4. The van der Waals surface area contributed by atoms with Gasteiger partial charge in [-0.3, -0.25) is 28.8 Å². The first-order valence-corrected chi connectivity index (χ1v) is 43.9. The number of nitrogens with two attached hydrogens (primary N) is 2. The molecule has 4 N–H and O–H groups in total. The Balaban J connectivity index is 0.000000158. The van der Waals surface area contributed by atoms with Crippen LogP contribution in [-0.2, 0) is 75.0 Å². The molecule has 130 heavy (non-hydrogen) atoms. The quantitative estimate of drug-likeness (QED) is 0.0154. The molecule has 15 aromatic rings. The molecule has 0 atom stereocenters. The normalized spacial score (nSPS) is 11.2. The number of halogens is 5. The third kappa shape index (κ3) is 21.8. The summed E-state index contributed by atoms with van der Waals surface area (Å²) in [6.45, 7) is 7.50. The molecule has 0 saturated heterocycles. The second-order valence-electron chi connectivity index (χ2n) is 29.8. The van der Waals surface area contributed by atoms with Crippen molar-refractivity contribution >= 4 is 76.2 Å². The highest BCUT2D eigenvalue weighted by Gasteiger charge is 2.55. The summed E-state index contributed by atoms with van der Waals surface area (Å²) in [5, 5.41) is 12.3. The van der Waals surface area contributed by atoms with Crippen LogP contribution in [0.3, 0.4) is 0 Å². The molecule has 15 aromatic carbocycles. The zero-order valence-corrected chi connectivity index (χ0v) is 75.2. The van der Waals surface area contributed by atoms with Crippen molar-refractivity contribution in [2.45, 2.75) is 61.4 Å². The van der Waals surface area contributed by atoms with Crippen LogP contribution in [-0.4, -0.2) is 56.2 Å². The van der Waals surface area contributed by atoms with Crippen molar-refractivity contribution in [1.82, 2.24) is 0 Å². The Labute approximate surface area is 779 Å². The summed E-state index contributed by atoms with van der Waals surface area (Å²) in [6.07, 6.45) is 0.0951. The minimum absolute atomic E-state index is 0.0951. The Bertz CT molecular complexity index is 5710. The number of amides is 1. The fourth-order valence-electron chi connectivity index (χ4n) is 16.9. The van der Waals surface area contributed by atoms with E-state index in [0.29, 0.717) is 31.2 Å². The lowest BCUT2D eigenvalue weighted by Crippen LogP contribution is -2.48. The molecule has 1 amide bonds. The summed E-state index contributed by atoms with van der Waals surface area (Å²) >= 11 is 24.9. The van der Waals surface area contributed by atoms with Gasteiger partial charge in [-0.05, 0) is 154 Å². The highest BCUT2D eigenvalue weighted by molar-refractivity contribution is 6.32. The van der Waals surface area contributed by atoms with Crippen molar-refractivity contribution in [2.75, 3.05) is 26.4 Å². The Morgan fingerprint density at radius 2 is 0.538 bits per heavy atom. The first-order chi connectivity index (χ1) is 63.3. The second-order valence-corrected chi connectivity index (χ2v) is 31.6. The topological polar surface area (TPSA) is 207 Å². The van der Waals surface area contributed by atoms with Crippen molar-refractivity contribution in [2.24, 2.45) is 23.5 Å². The zero-order valence-electron chi connectivity index (χ0n) is 72.2. The van der Waals surface area contributed by atoms with Gasteiger partial charge in [0.05, 0.1) is 48.7 Å². The van der Waals surface area contributed by atoms with Gasteiger partial charge in [0, 0.05) is 32.1 Å². The summed E-state index contributed by atoms with van der Waals surface area (Å²) in [6, 6.07) is 135. The van der Waals surface area contributed by atoms with Gasteiger partial charge in [0.1, 0.15) is 11.2 Å². The van der Waals surface area contributed by atoms with Gasteiger partial charge in [0.2, 0.25) is 5.91 Å². The molecule has 0 aromatic heterocycles. The number of hydrogen-bond acceptors (Lipinski definition) is 12. The van der Waals surface area contributed by atoms with Gasteiger partial charge in [-0.1, -0.05) is 423 Å². The molecule has 0 unspecified atom stereocenters. The van der Waals surface area contributed by atoms with Crippen LogP contribution in [0.25, 0.3) is 0 Å². The molecule has 0 aliphatic rings. The van der Waals surface area contributed by atoms with Gasteiger partial charge in [0.25, 0.3) is 0 Å². The van der Waals surface area contributed by atoms with E-state index in [4.69, 9.17) is 81.8 Å². The lowest BCUT2D eigenvalue weighted by atomic mass is 9.61. The molecule has 0 spiro atoms. The molecule has 0 aliphatic heterocycles. The maximum atomic E-state index is 14.5. The summed E-state index contributed by atoms with van der Waals surface area (Å²) in [5.41, 5.74) is 12.7.